The molecular weight excluding hydrogens is 576 g/mol. The molecule has 3 aromatic carbocycles. The molecule has 176 valence electrons. The highest BCUT2D eigenvalue weighted by atomic mass is 79.9. The number of nitro benzene ring substituents is 2. The molecule has 0 aliphatic heterocycles. The van der Waals surface area contributed by atoms with E-state index in [0.717, 1.165) is 22.2 Å². The second-order valence-corrected chi connectivity index (χ2v) is 8.53. The maximum atomic E-state index is 11.3. The van der Waals surface area contributed by atoms with Gasteiger partial charge in [0.15, 0.2) is 11.5 Å². The Bertz CT molecular complexity index is 1230. The highest BCUT2D eigenvalue weighted by Gasteiger charge is 2.19. The van der Waals surface area contributed by atoms with Crippen molar-refractivity contribution in [2.75, 3.05) is 12.0 Å². The Morgan fingerprint density at radius 3 is 2.38 bits per heavy atom. The number of nitrogens with one attached hydrogen (secondary N) is 1. The van der Waals surface area contributed by atoms with Crippen LogP contribution in [0.4, 0.5) is 17.1 Å². The van der Waals surface area contributed by atoms with Crippen LogP contribution in [0.3, 0.4) is 0 Å². The second-order valence-electron chi connectivity index (χ2n) is 6.76. The minimum atomic E-state index is -0.716. The van der Waals surface area contributed by atoms with Gasteiger partial charge >= 0.3 is 5.69 Å². The number of nitro groups is 2. The first kappa shape index (κ1) is 25.1. The van der Waals surface area contributed by atoms with E-state index >= 15 is 0 Å². The summed E-state index contributed by atoms with van der Waals surface area (Å²) in [4.78, 5) is 20.7. The van der Waals surface area contributed by atoms with Crippen LogP contribution in [-0.4, -0.2) is 22.7 Å². The maximum absolute atomic E-state index is 11.3. The quantitative estimate of drug-likeness (QED) is 0.162. The molecule has 34 heavy (non-hydrogen) atoms. The predicted molar refractivity (Wildman–Crippen MR) is 135 cm³/mol. The highest BCUT2D eigenvalue weighted by molar-refractivity contribution is 9.10. The first-order valence-corrected chi connectivity index (χ1v) is 11.4. The molecule has 10 nitrogen and oxygen atoms in total. The average Bonchev–Trinajstić information content (AvgIpc) is 2.80. The van der Waals surface area contributed by atoms with Gasteiger partial charge in [0.2, 0.25) is 0 Å². The Labute approximate surface area is 211 Å². The monoisotopic (exact) mass is 592 g/mol. The zero-order chi connectivity index (χ0) is 24.7. The van der Waals surface area contributed by atoms with E-state index < -0.39 is 15.5 Å². The van der Waals surface area contributed by atoms with Crippen molar-refractivity contribution in [1.82, 2.24) is 0 Å². The molecule has 0 bridgehead atoms. The van der Waals surface area contributed by atoms with E-state index in [1.54, 1.807) is 12.1 Å². The first-order valence-electron chi connectivity index (χ1n) is 9.84. The van der Waals surface area contributed by atoms with E-state index in [2.05, 4.69) is 42.4 Å². The lowest BCUT2D eigenvalue weighted by Crippen LogP contribution is -2.02. The summed E-state index contributed by atoms with van der Waals surface area (Å²) in [6.07, 6.45) is 1.44. The van der Waals surface area contributed by atoms with Crippen LogP contribution in [-0.2, 0) is 6.61 Å². The minimum Gasteiger partial charge on any atom is -0.490 e. The van der Waals surface area contributed by atoms with Crippen molar-refractivity contribution in [2.24, 2.45) is 5.10 Å². The molecule has 0 heterocycles. The van der Waals surface area contributed by atoms with Crippen molar-refractivity contribution in [3.8, 4) is 11.5 Å². The fraction of sp³-hybridized carbons (Fsp3) is 0.136. The molecule has 0 saturated carbocycles. The molecule has 0 aromatic heterocycles. The fourth-order valence-electron chi connectivity index (χ4n) is 2.86. The van der Waals surface area contributed by atoms with E-state index in [-0.39, 0.29) is 11.4 Å². The van der Waals surface area contributed by atoms with Gasteiger partial charge in [-0.3, -0.25) is 25.7 Å². The number of anilines is 1. The molecule has 3 aromatic rings. The molecule has 3 rings (SSSR count). The van der Waals surface area contributed by atoms with Gasteiger partial charge < -0.3 is 9.47 Å². The van der Waals surface area contributed by atoms with Crippen LogP contribution in [0.25, 0.3) is 0 Å². The molecule has 0 aliphatic rings. The molecule has 0 atom stereocenters. The first-order chi connectivity index (χ1) is 16.3. The van der Waals surface area contributed by atoms with Crippen molar-refractivity contribution in [2.45, 2.75) is 13.5 Å². The molecule has 0 aliphatic carbocycles. The van der Waals surface area contributed by atoms with Crippen LogP contribution in [0.15, 0.2) is 68.6 Å². The largest absolute Gasteiger partial charge is 0.490 e. The molecular formula is C22H18Br2N4O6. The van der Waals surface area contributed by atoms with E-state index in [9.17, 15) is 20.2 Å². The molecule has 0 unspecified atom stereocenters. The standard InChI is InChI=1S/C22H18Br2N4O6/c1-2-33-21-10-15(9-18(24)22(21)34-13-14-3-5-16(23)6-4-14)12-25-26-19-8-7-17(27(29)30)11-20(19)28(31)32/h3-12,26H,2,13H2,1H3/b25-12+. The zero-order valence-corrected chi connectivity index (χ0v) is 20.9. The van der Waals surface area contributed by atoms with Crippen molar-refractivity contribution < 1.29 is 19.3 Å². The van der Waals surface area contributed by atoms with Crippen molar-refractivity contribution in [1.29, 1.82) is 0 Å². The number of hydrogen-bond donors (Lipinski definition) is 1. The molecule has 12 heteroatoms. The Morgan fingerprint density at radius 1 is 1.00 bits per heavy atom. The number of nitrogens with zero attached hydrogens (tertiary/aromatic N) is 3. The number of non-ortho nitro benzene ring substituents is 1. The number of rotatable bonds is 10. The number of hydrazone groups is 1. The summed E-state index contributed by atoms with van der Waals surface area (Å²) >= 11 is 6.90. The molecule has 0 fully saturated rings. The third-order valence-corrected chi connectivity index (χ3v) is 5.53. The Morgan fingerprint density at radius 2 is 1.74 bits per heavy atom. The summed E-state index contributed by atoms with van der Waals surface area (Å²) in [7, 11) is 0. The topological polar surface area (TPSA) is 129 Å². The smallest absolute Gasteiger partial charge is 0.301 e. The normalized spacial score (nSPS) is 10.8. The lowest BCUT2D eigenvalue weighted by Gasteiger charge is -2.14. The van der Waals surface area contributed by atoms with Gasteiger partial charge in [-0.2, -0.15) is 5.10 Å². The number of hydrogen-bond acceptors (Lipinski definition) is 8. The molecule has 0 radical (unpaired) electrons. The predicted octanol–water partition coefficient (Wildman–Crippen LogP) is 6.45. The van der Waals surface area contributed by atoms with E-state index in [0.29, 0.717) is 34.7 Å². The third kappa shape index (κ3) is 6.51. The van der Waals surface area contributed by atoms with Gasteiger partial charge in [-0.15, -0.1) is 0 Å². The van der Waals surface area contributed by atoms with E-state index in [1.165, 1.54) is 12.3 Å². The number of ether oxygens (including phenoxy) is 2. The number of benzene rings is 3. The van der Waals surface area contributed by atoms with Gasteiger partial charge in [-0.25, -0.2) is 0 Å². The lowest BCUT2D eigenvalue weighted by molar-refractivity contribution is -0.393. The van der Waals surface area contributed by atoms with E-state index in [4.69, 9.17) is 9.47 Å². The SMILES string of the molecule is CCOc1cc(/C=N/Nc2ccc([N+](=O)[O-])cc2[N+](=O)[O-])cc(Br)c1OCc1ccc(Br)cc1. The van der Waals surface area contributed by atoms with Crippen molar-refractivity contribution >= 4 is 55.1 Å². The van der Waals surface area contributed by atoms with Gasteiger partial charge in [-0.1, -0.05) is 28.1 Å². The molecule has 0 spiro atoms. The Kier molecular flexibility index (Phi) is 8.55. The summed E-state index contributed by atoms with van der Waals surface area (Å²) in [6, 6.07) is 14.5. The van der Waals surface area contributed by atoms with Gasteiger partial charge in [-0.05, 0) is 64.3 Å². The maximum Gasteiger partial charge on any atom is 0.301 e. The van der Waals surface area contributed by atoms with Crippen LogP contribution in [0.2, 0.25) is 0 Å². The molecule has 0 saturated heterocycles. The average molecular weight is 594 g/mol. The van der Waals surface area contributed by atoms with Crippen LogP contribution in [0.5, 0.6) is 11.5 Å². The molecule has 1 N–H and O–H groups in total. The van der Waals surface area contributed by atoms with Crippen LogP contribution in [0.1, 0.15) is 18.1 Å². The van der Waals surface area contributed by atoms with Gasteiger partial charge in [0.25, 0.3) is 5.69 Å². The second kappa shape index (κ2) is 11.6. The summed E-state index contributed by atoms with van der Waals surface area (Å²) in [5.41, 5.74) is 3.35. The minimum absolute atomic E-state index is 0.0189. The Balaban J connectivity index is 1.79. The van der Waals surface area contributed by atoms with Crippen LogP contribution < -0.4 is 14.9 Å². The summed E-state index contributed by atoms with van der Waals surface area (Å²) < 4.78 is 13.3. The van der Waals surface area contributed by atoms with Crippen molar-refractivity contribution in [3.05, 3.63) is 94.9 Å². The zero-order valence-electron chi connectivity index (χ0n) is 17.7. The van der Waals surface area contributed by atoms with Gasteiger partial charge in [0, 0.05) is 10.5 Å². The summed E-state index contributed by atoms with van der Waals surface area (Å²) in [6.45, 7) is 2.60. The van der Waals surface area contributed by atoms with Gasteiger partial charge in [0.05, 0.1) is 33.2 Å². The van der Waals surface area contributed by atoms with E-state index in [1.807, 2.05) is 31.2 Å². The van der Waals surface area contributed by atoms with Gasteiger partial charge in [0.1, 0.15) is 12.3 Å². The fourth-order valence-corrected chi connectivity index (χ4v) is 3.70. The third-order valence-electron chi connectivity index (χ3n) is 4.42. The van der Waals surface area contributed by atoms with Crippen LogP contribution in [0, 0.1) is 20.2 Å². The summed E-state index contributed by atoms with van der Waals surface area (Å²) in [5, 5.41) is 26.2. The molecule has 0 amide bonds. The number of halogens is 2. The summed E-state index contributed by atoms with van der Waals surface area (Å²) in [5.74, 6) is 1.03. The van der Waals surface area contributed by atoms with Crippen molar-refractivity contribution in [3.63, 3.8) is 0 Å². The Hall–Kier alpha value is -3.51. The van der Waals surface area contributed by atoms with Crippen LogP contribution >= 0.6 is 31.9 Å². The highest BCUT2D eigenvalue weighted by Crippen LogP contribution is 2.37. The lowest BCUT2D eigenvalue weighted by atomic mass is 10.2.